The quantitative estimate of drug-likeness (QED) is 0.458. The van der Waals surface area contributed by atoms with E-state index in [2.05, 4.69) is 9.72 Å². The van der Waals surface area contributed by atoms with Crippen molar-refractivity contribution < 1.29 is 22.7 Å². The van der Waals surface area contributed by atoms with Gasteiger partial charge in [-0.1, -0.05) is 22.6 Å². The Morgan fingerprint density at radius 2 is 2.18 bits per heavy atom. The average Bonchev–Trinajstić information content (AvgIpc) is 2.62. The minimum atomic E-state index is -4.57. The number of aromatic nitrogens is 1. The van der Waals surface area contributed by atoms with Crippen molar-refractivity contribution in [3.63, 3.8) is 0 Å². The lowest BCUT2D eigenvalue weighted by Crippen LogP contribution is -2.13. The van der Waals surface area contributed by atoms with Gasteiger partial charge in [-0.05, 0) is 6.92 Å². The third-order valence-corrected chi connectivity index (χ3v) is 3.41. The lowest BCUT2D eigenvalue weighted by molar-refractivity contribution is -0.135. The van der Waals surface area contributed by atoms with E-state index in [4.69, 9.17) is 0 Å². The van der Waals surface area contributed by atoms with E-state index in [-0.39, 0.29) is 6.61 Å². The number of carbonyl (C=O) groups excluding carboxylic acids is 1. The number of alkyl halides is 4. The van der Waals surface area contributed by atoms with Crippen LogP contribution in [-0.4, -0.2) is 22.0 Å². The maximum atomic E-state index is 12.7. The molecule has 17 heavy (non-hydrogen) atoms. The lowest BCUT2D eigenvalue weighted by Gasteiger charge is -2.05. The molecule has 0 unspecified atom stereocenters. The Kier molecular flexibility index (Phi) is 5.17. The molecule has 8 heteroatoms. The van der Waals surface area contributed by atoms with Crippen molar-refractivity contribution in [2.75, 3.05) is 11.0 Å². The van der Waals surface area contributed by atoms with E-state index in [0.29, 0.717) is 27.2 Å². The molecular formula is C9H9F3INO2S. The monoisotopic (exact) mass is 379 g/mol. The third kappa shape index (κ3) is 3.80. The fraction of sp³-hybridized carbons (Fsp3) is 0.556. The molecule has 0 aliphatic carbocycles. The number of esters is 1. The molecule has 0 saturated carbocycles. The predicted octanol–water partition coefficient (Wildman–Crippen LogP) is 3.32. The van der Waals surface area contributed by atoms with E-state index in [9.17, 15) is 18.0 Å². The normalized spacial score (nSPS) is 11.6. The zero-order valence-corrected chi connectivity index (χ0v) is 11.8. The third-order valence-electron chi connectivity index (χ3n) is 1.71. The zero-order valence-electron chi connectivity index (χ0n) is 8.81. The Morgan fingerprint density at radius 3 is 2.65 bits per heavy atom. The SMILES string of the molecule is CCOC(=O)c1nc(CCI)sc1C(F)(F)F. The molecular weight excluding hydrogens is 370 g/mol. The molecule has 0 aromatic carbocycles. The molecule has 1 aromatic heterocycles. The second kappa shape index (κ2) is 5.98. The topological polar surface area (TPSA) is 39.2 Å². The smallest absolute Gasteiger partial charge is 0.428 e. The Bertz CT molecular complexity index is 405. The highest BCUT2D eigenvalue weighted by Crippen LogP contribution is 2.37. The number of hydrogen-bond acceptors (Lipinski definition) is 4. The molecule has 3 nitrogen and oxygen atoms in total. The highest BCUT2D eigenvalue weighted by atomic mass is 127. The van der Waals surface area contributed by atoms with Crippen molar-refractivity contribution in [3.8, 4) is 0 Å². The number of carbonyl (C=O) groups is 1. The van der Waals surface area contributed by atoms with Crippen LogP contribution in [0.5, 0.6) is 0 Å². The second-order valence-electron chi connectivity index (χ2n) is 2.94. The summed E-state index contributed by atoms with van der Waals surface area (Å²) in [6.45, 7) is 1.55. The van der Waals surface area contributed by atoms with Gasteiger partial charge in [-0.3, -0.25) is 0 Å². The van der Waals surface area contributed by atoms with Crippen molar-refractivity contribution in [3.05, 3.63) is 15.6 Å². The molecule has 1 aromatic rings. The van der Waals surface area contributed by atoms with E-state index in [1.165, 1.54) is 6.92 Å². The molecule has 96 valence electrons. The molecule has 0 saturated heterocycles. The Hall–Kier alpha value is -0.380. The molecule has 0 fully saturated rings. The molecule has 0 aliphatic rings. The summed E-state index contributed by atoms with van der Waals surface area (Å²) >= 11 is 2.54. The van der Waals surface area contributed by atoms with Gasteiger partial charge in [0.2, 0.25) is 0 Å². The van der Waals surface area contributed by atoms with Gasteiger partial charge < -0.3 is 4.74 Å². The molecule has 1 rings (SSSR count). The standard InChI is InChI=1S/C9H9F3INO2S/c1-2-16-8(15)6-7(9(10,11)12)17-5(14-6)3-4-13/h2-4H2,1H3. The first-order chi connectivity index (χ1) is 7.90. The van der Waals surface area contributed by atoms with Crippen molar-refractivity contribution in [2.24, 2.45) is 0 Å². The number of aryl methyl sites for hydroxylation is 1. The number of nitrogens with zero attached hydrogens (tertiary/aromatic N) is 1. The first kappa shape index (κ1) is 14.7. The van der Waals surface area contributed by atoms with Crippen LogP contribution in [-0.2, 0) is 17.3 Å². The van der Waals surface area contributed by atoms with E-state index in [1.807, 2.05) is 22.6 Å². The summed E-state index contributed by atoms with van der Waals surface area (Å²) in [5, 5.41) is 0.301. The summed E-state index contributed by atoms with van der Waals surface area (Å²) in [6.07, 6.45) is -4.16. The molecule has 0 atom stereocenters. The van der Waals surface area contributed by atoms with Crippen LogP contribution >= 0.6 is 33.9 Å². The van der Waals surface area contributed by atoms with Gasteiger partial charge in [-0.15, -0.1) is 11.3 Å². The van der Waals surface area contributed by atoms with E-state index in [1.54, 1.807) is 0 Å². The number of halogens is 4. The van der Waals surface area contributed by atoms with E-state index >= 15 is 0 Å². The van der Waals surface area contributed by atoms with Gasteiger partial charge in [0.1, 0.15) is 4.88 Å². The fourth-order valence-corrected chi connectivity index (χ4v) is 2.88. The summed E-state index contributed by atoms with van der Waals surface area (Å²) in [6, 6.07) is 0. The minimum Gasteiger partial charge on any atom is -0.461 e. The van der Waals surface area contributed by atoms with Crippen LogP contribution in [0.1, 0.15) is 27.3 Å². The first-order valence-electron chi connectivity index (χ1n) is 4.70. The Labute approximate surface area is 114 Å². The van der Waals surface area contributed by atoms with Gasteiger partial charge in [-0.2, -0.15) is 13.2 Å². The van der Waals surface area contributed by atoms with Crippen molar-refractivity contribution in [1.82, 2.24) is 4.98 Å². The van der Waals surface area contributed by atoms with Gasteiger partial charge in [0, 0.05) is 10.8 Å². The lowest BCUT2D eigenvalue weighted by atomic mass is 10.3. The van der Waals surface area contributed by atoms with Crippen LogP contribution in [0, 0.1) is 0 Å². The fourth-order valence-electron chi connectivity index (χ4n) is 1.08. The van der Waals surface area contributed by atoms with Gasteiger partial charge >= 0.3 is 12.1 Å². The molecule has 1 heterocycles. The van der Waals surface area contributed by atoms with Crippen molar-refractivity contribution >= 4 is 39.9 Å². The molecule has 0 aliphatic heterocycles. The summed E-state index contributed by atoms with van der Waals surface area (Å²) in [7, 11) is 0. The number of rotatable bonds is 4. The minimum absolute atomic E-state index is 0.0231. The zero-order chi connectivity index (χ0) is 13.1. The highest BCUT2D eigenvalue weighted by Gasteiger charge is 2.39. The maximum Gasteiger partial charge on any atom is 0.428 e. The van der Waals surface area contributed by atoms with E-state index < -0.39 is 22.7 Å². The number of thiazole rings is 1. The van der Waals surface area contributed by atoms with Crippen molar-refractivity contribution in [2.45, 2.75) is 19.5 Å². The molecule has 0 radical (unpaired) electrons. The van der Waals surface area contributed by atoms with Gasteiger partial charge in [-0.25, -0.2) is 9.78 Å². The first-order valence-corrected chi connectivity index (χ1v) is 7.04. The average molecular weight is 379 g/mol. The van der Waals surface area contributed by atoms with Crippen LogP contribution in [0.25, 0.3) is 0 Å². The highest BCUT2D eigenvalue weighted by molar-refractivity contribution is 14.1. The van der Waals surface area contributed by atoms with Crippen molar-refractivity contribution in [1.29, 1.82) is 0 Å². The van der Waals surface area contributed by atoms with Gasteiger partial charge in [0.05, 0.1) is 11.6 Å². The molecule has 0 bridgehead atoms. The Morgan fingerprint density at radius 1 is 1.53 bits per heavy atom. The van der Waals surface area contributed by atoms with Gasteiger partial charge in [0.25, 0.3) is 0 Å². The van der Waals surface area contributed by atoms with Crippen LogP contribution in [0.3, 0.4) is 0 Å². The number of ether oxygens (including phenoxy) is 1. The van der Waals surface area contributed by atoms with Crippen LogP contribution < -0.4 is 0 Å². The number of hydrogen-bond donors (Lipinski definition) is 0. The Balaban J connectivity index is 3.12. The largest absolute Gasteiger partial charge is 0.461 e. The van der Waals surface area contributed by atoms with Gasteiger partial charge in [0.15, 0.2) is 5.69 Å². The van der Waals surface area contributed by atoms with Crippen LogP contribution in [0.2, 0.25) is 0 Å². The molecule has 0 spiro atoms. The predicted molar refractivity (Wildman–Crippen MR) is 65.7 cm³/mol. The molecule has 0 N–H and O–H groups in total. The van der Waals surface area contributed by atoms with E-state index in [0.717, 1.165) is 0 Å². The van der Waals surface area contributed by atoms with Crippen LogP contribution in [0.4, 0.5) is 13.2 Å². The summed E-state index contributed by atoms with van der Waals surface area (Å²) in [5.74, 6) is -1.02. The summed E-state index contributed by atoms with van der Waals surface area (Å²) < 4.78 is 43.2. The summed E-state index contributed by atoms with van der Waals surface area (Å²) in [4.78, 5) is 14.1. The summed E-state index contributed by atoms with van der Waals surface area (Å²) in [5.41, 5.74) is -0.621. The maximum absolute atomic E-state index is 12.7. The second-order valence-corrected chi connectivity index (χ2v) is 5.10. The van der Waals surface area contributed by atoms with Crippen LogP contribution in [0.15, 0.2) is 0 Å². The molecule has 0 amide bonds.